The van der Waals surface area contributed by atoms with Crippen LogP contribution in [0.15, 0.2) is 77.0 Å². The number of hydrogen-bond donors (Lipinski definition) is 3. The molecule has 6 aliphatic rings. The Morgan fingerprint density at radius 1 is 1.05 bits per heavy atom. The van der Waals surface area contributed by atoms with Gasteiger partial charge in [0.25, 0.3) is 21.6 Å². The Hall–Kier alpha value is -4.99. The summed E-state index contributed by atoms with van der Waals surface area (Å²) in [5.41, 5.74) is 6.13. The van der Waals surface area contributed by atoms with Crippen LogP contribution in [0.4, 0.5) is 17.1 Å². The molecule has 4 aromatic rings. The van der Waals surface area contributed by atoms with Crippen LogP contribution in [0, 0.1) is 38.2 Å². The van der Waals surface area contributed by atoms with Gasteiger partial charge in [-0.1, -0.05) is 38.8 Å². The van der Waals surface area contributed by atoms with Gasteiger partial charge in [-0.2, -0.15) is 0 Å². The molecule has 0 unspecified atom stereocenters. The van der Waals surface area contributed by atoms with Crippen molar-refractivity contribution >= 4 is 44.0 Å². The Labute approximate surface area is 364 Å². The number of aromatic amines is 1. The van der Waals surface area contributed by atoms with Crippen molar-refractivity contribution < 1.29 is 27.6 Å². The quantitative estimate of drug-likeness (QED) is 0.0629. The highest BCUT2D eigenvalue weighted by atomic mass is 32.2. The van der Waals surface area contributed by atoms with E-state index < -0.39 is 31.4 Å². The first-order chi connectivity index (χ1) is 29.6. The molecule has 10 rings (SSSR count). The number of sulfonamides is 1. The van der Waals surface area contributed by atoms with Gasteiger partial charge in [-0.15, -0.1) is 0 Å². The van der Waals surface area contributed by atoms with Gasteiger partial charge in [-0.3, -0.25) is 19.8 Å². The van der Waals surface area contributed by atoms with E-state index in [1.807, 2.05) is 12.1 Å². The minimum Gasteiger partial charge on any atom is -0.455 e. The lowest BCUT2D eigenvalue weighted by atomic mass is 9.29. The normalized spacial score (nSPS) is 24.1. The number of anilines is 2. The van der Waals surface area contributed by atoms with E-state index in [1.54, 1.807) is 41.7 Å². The molecule has 2 aliphatic heterocycles. The van der Waals surface area contributed by atoms with Crippen molar-refractivity contribution in [1.82, 2.24) is 19.6 Å². The topological polar surface area (TPSA) is 172 Å². The molecule has 4 heterocycles. The summed E-state index contributed by atoms with van der Waals surface area (Å²) in [5.74, 6) is 0.636. The molecule has 3 saturated carbocycles. The maximum atomic E-state index is 13.9. The number of carbonyl (C=O) groups is 1. The number of rotatable bonds is 14. The predicted molar refractivity (Wildman–Crippen MR) is 239 cm³/mol. The third kappa shape index (κ3) is 8.30. The minimum absolute atomic E-state index is 0.0121. The fourth-order valence-corrected chi connectivity index (χ4v) is 11.8. The van der Waals surface area contributed by atoms with Gasteiger partial charge in [-0.25, -0.2) is 18.1 Å². The zero-order valence-corrected chi connectivity index (χ0v) is 37.1. The second-order valence-corrected chi connectivity index (χ2v) is 21.4. The average Bonchev–Trinajstić information content (AvgIpc) is 3.68. The molecule has 15 heteroatoms. The van der Waals surface area contributed by atoms with Crippen molar-refractivity contribution in [2.24, 2.45) is 28.1 Å². The van der Waals surface area contributed by atoms with Gasteiger partial charge >= 0.3 is 0 Å². The smallest absolute Gasteiger partial charge is 0.293 e. The summed E-state index contributed by atoms with van der Waals surface area (Å²) in [7, 11) is -4.54. The first kappa shape index (κ1) is 42.3. The summed E-state index contributed by atoms with van der Waals surface area (Å²) in [6, 6.07) is 12.4. The molecule has 14 nitrogen and oxygen atoms in total. The number of pyridine rings is 1. The number of carbonyl (C=O) groups excluding carboxylic acids is 1. The lowest BCUT2D eigenvalue weighted by molar-refractivity contribution is -0.384. The molecule has 2 aromatic carbocycles. The van der Waals surface area contributed by atoms with Crippen LogP contribution < -0.4 is 19.7 Å². The van der Waals surface area contributed by atoms with Crippen LogP contribution in [0.25, 0.3) is 11.0 Å². The van der Waals surface area contributed by atoms with E-state index in [1.165, 1.54) is 50.7 Å². The summed E-state index contributed by atoms with van der Waals surface area (Å²) < 4.78 is 41.3. The van der Waals surface area contributed by atoms with Crippen LogP contribution in [0.1, 0.15) is 89.4 Å². The molecular weight excluding hydrogens is 807 g/mol. The number of hydrogen-bond acceptors (Lipinski definition) is 11. The van der Waals surface area contributed by atoms with Crippen LogP contribution in [-0.4, -0.2) is 86.6 Å². The average molecular weight is 866 g/mol. The number of amides is 1. The van der Waals surface area contributed by atoms with Crippen LogP contribution >= 0.6 is 0 Å². The summed E-state index contributed by atoms with van der Waals surface area (Å²) in [6.45, 7) is 15.8. The summed E-state index contributed by atoms with van der Waals surface area (Å²) >= 11 is 0. The first-order valence-electron chi connectivity index (χ1n) is 22.2. The molecule has 0 radical (unpaired) electrons. The number of piperazine rings is 1. The molecule has 62 heavy (non-hydrogen) atoms. The molecule has 0 atom stereocenters. The number of nitrogens with zero attached hydrogens (tertiary/aromatic N) is 4. The minimum atomic E-state index is -4.54. The Bertz CT molecular complexity index is 2500. The fourth-order valence-electron chi connectivity index (χ4n) is 10.8. The molecule has 1 amide bonds. The number of aromatic nitrogens is 2. The number of benzene rings is 2. The fraction of sp³-hybridized carbons (Fsp3) is 0.532. The van der Waals surface area contributed by atoms with Crippen LogP contribution in [0.3, 0.4) is 0 Å². The van der Waals surface area contributed by atoms with E-state index in [0.717, 1.165) is 68.6 Å². The monoisotopic (exact) mass is 865 g/mol. The molecule has 2 saturated heterocycles. The van der Waals surface area contributed by atoms with Crippen LogP contribution in [-0.2, 0) is 14.8 Å². The molecule has 4 aliphatic carbocycles. The van der Waals surface area contributed by atoms with E-state index in [0.29, 0.717) is 47.4 Å². The molecule has 330 valence electrons. The highest BCUT2D eigenvalue weighted by Gasteiger charge is 2.70. The zero-order chi connectivity index (χ0) is 43.4. The van der Waals surface area contributed by atoms with Gasteiger partial charge in [0.1, 0.15) is 22.8 Å². The van der Waals surface area contributed by atoms with Crippen molar-refractivity contribution in [3.63, 3.8) is 0 Å². The lowest BCUT2D eigenvalue weighted by Gasteiger charge is -2.75. The number of nitro benzene ring substituents is 1. The summed E-state index contributed by atoms with van der Waals surface area (Å²) in [4.78, 5) is 37.4. The van der Waals surface area contributed by atoms with Gasteiger partial charge < -0.3 is 24.7 Å². The second kappa shape index (κ2) is 16.3. The van der Waals surface area contributed by atoms with E-state index in [2.05, 4.69) is 57.5 Å². The maximum Gasteiger partial charge on any atom is 0.293 e. The van der Waals surface area contributed by atoms with Gasteiger partial charge in [0, 0.05) is 81.9 Å². The highest BCUT2D eigenvalue weighted by molar-refractivity contribution is 7.90. The molecule has 5 fully saturated rings. The Morgan fingerprint density at radius 2 is 1.81 bits per heavy atom. The van der Waals surface area contributed by atoms with Crippen molar-refractivity contribution in [2.75, 3.05) is 62.7 Å². The predicted octanol–water partition coefficient (Wildman–Crippen LogP) is 8.68. The number of ether oxygens (including phenoxy) is 2. The number of fused-ring (bicyclic) bond motifs is 1. The van der Waals surface area contributed by atoms with Crippen LogP contribution in [0.2, 0.25) is 0 Å². The van der Waals surface area contributed by atoms with E-state index in [4.69, 9.17) is 9.47 Å². The molecular formula is C47H59N7O7S. The molecule has 0 spiro atoms. The van der Waals surface area contributed by atoms with Gasteiger partial charge in [0.2, 0.25) is 0 Å². The van der Waals surface area contributed by atoms with Gasteiger partial charge in [0.15, 0.2) is 0 Å². The van der Waals surface area contributed by atoms with Gasteiger partial charge in [0.05, 0.1) is 21.6 Å². The number of nitrogens with one attached hydrogen (secondary N) is 3. The molecule has 2 bridgehead atoms. The first-order valence-corrected chi connectivity index (χ1v) is 23.7. The third-order valence-corrected chi connectivity index (χ3v) is 16.0. The zero-order valence-electron chi connectivity index (χ0n) is 36.3. The van der Waals surface area contributed by atoms with Crippen molar-refractivity contribution in [3.05, 3.63) is 87.7 Å². The van der Waals surface area contributed by atoms with E-state index >= 15 is 0 Å². The number of allylic oxidation sites excluding steroid dienone is 1. The Kier molecular flexibility index (Phi) is 11.1. The lowest BCUT2D eigenvalue weighted by Crippen LogP contribution is -2.65. The molecule has 2 aromatic heterocycles. The molecule has 3 N–H and O–H groups in total. The SMILES string of the molecule is CC(C)C12CC(C3=C(CN4CCN(c5ccc(C(=O)NS(=O)(=O)c6ccc(NCC7CCOCC7)c([N+](=O)[O-])c6)c(Oc6cnc7[nH]ccc7c6)c5)CC4)CCC(C)(C)C3)(C1)C2. The number of nitro groups is 1. The maximum absolute atomic E-state index is 13.9. The highest BCUT2D eigenvalue weighted by Crippen LogP contribution is 2.80. The summed E-state index contributed by atoms with van der Waals surface area (Å²) in [6.07, 6.45) is 12.7. The van der Waals surface area contributed by atoms with E-state index in [-0.39, 0.29) is 22.9 Å². The largest absolute Gasteiger partial charge is 0.455 e. The van der Waals surface area contributed by atoms with E-state index in [9.17, 15) is 23.3 Å². The standard InChI is InChI=1S/C47H59N7O7S/c1-31(2)46-28-47(29-46,30-46)39-24-45(3,4)13-9-34(39)27-52-15-17-53(18-16-52)35-5-7-38(42(22-35)61-36-21-33-10-14-48-43(33)50-26-36)44(55)51-62(58,59)37-6-8-40(41(23-37)54(56)57)49-25-32-11-19-60-20-12-32/h5-8,10,14,21-23,26,31-32,49H,9,11-13,15-20,24-25,27-30H2,1-4H3,(H,48,50)(H,51,55). The van der Waals surface area contributed by atoms with Crippen molar-refractivity contribution in [3.8, 4) is 11.5 Å². The van der Waals surface area contributed by atoms with Crippen molar-refractivity contribution in [2.45, 2.75) is 84.0 Å². The third-order valence-electron chi connectivity index (χ3n) is 14.7. The van der Waals surface area contributed by atoms with Crippen LogP contribution in [0.5, 0.6) is 11.5 Å². The Balaban J connectivity index is 0.918. The number of H-pyrrole nitrogens is 1. The van der Waals surface area contributed by atoms with Gasteiger partial charge in [-0.05, 0) is 116 Å². The summed E-state index contributed by atoms with van der Waals surface area (Å²) in [5, 5.41) is 16.0. The van der Waals surface area contributed by atoms with Crippen molar-refractivity contribution in [1.29, 1.82) is 0 Å². The second-order valence-electron chi connectivity index (χ2n) is 19.7. The Morgan fingerprint density at radius 3 is 2.53 bits per heavy atom.